The first-order chi connectivity index (χ1) is 11.9. The monoisotopic (exact) mass is 361 g/mol. The SMILES string of the molecule is Cc1ccc(S(=O)(=O)N[C@H](COCc2ccccc2)[C@]2(C)CO2)cc1. The Morgan fingerprint density at radius 2 is 1.80 bits per heavy atom. The summed E-state index contributed by atoms with van der Waals surface area (Å²) in [5, 5.41) is 0. The molecule has 0 aromatic heterocycles. The lowest BCUT2D eigenvalue weighted by Crippen LogP contribution is -2.47. The molecule has 1 aliphatic heterocycles. The van der Waals surface area contributed by atoms with Gasteiger partial charge < -0.3 is 9.47 Å². The molecule has 2 atom stereocenters. The molecule has 1 aliphatic rings. The Bertz CT molecular complexity index is 799. The smallest absolute Gasteiger partial charge is 0.240 e. The van der Waals surface area contributed by atoms with Crippen molar-refractivity contribution in [2.45, 2.75) is 37.0 Å². The molecule has 1 heterocycles. The number of rotatable bonds is 8. The van der Waals surface area contributed by atoms with Gasteiger partial charge in [0.2, 0.25) is 10.0 Å². The van der Waals surface area contributed by atoms with E-state index in [-0.39, 0.29) is 11.5 Å². The van der Waals surface area contributed by atoms with Crippen molar-refractivity contribution in [1.29, 1.82) is 0 Å². The molecule has 0 bridgehead atoms. The van der Waals surface area contributed by atoms with Gasteiger partial charge in [0, 0.05) is 0 Å². The van der Waals surface area contributed by atoms with Crippen molar-refractivity contribution in [3.8, 4) is 0 Å². The normalized spacial score (nSPS) is 21.0. The number of ether oxygens (including phenoxy) is 2. The standard InChI is InChI=1S/C19H23NO4S/c1-15-8-10-17(11-9-15)25(21,22)20-18(19(2)14-24-19)13-23-12-16-6-4-3-5-7-16/h3-11,18,20H,12-14H2,1-2H3/t18-,19+/m1/s1. The van der Waals surface area contributed by atoms with E-state index >= 15 is 0 Å². The summed E-state index contributed by atoms with van der Waals surface area (Å²) in [6.45, 7) is 5.00. The molecule has 0 saturated carbocycles. The van der Waals surface area contributed by atoms with Gasteiger partial charge in [0.1, 0.15) is 5.60 Å². The van der Waals surface area contributed by atoms with Crippen LogP contribution in [0.3, 0.4) is 0 Å². The Kier molecular flexibility index (Phi) is 5.24. The van der Waals surface area contributed by atoms with Gasteiger partial charge in [-0.25, -0.2) is 13.1 Å². The molecule has 1 fully saturated rings. The molecule has 2 aromatic carbocycles. The molecule has 134 valence electrons. The lowest BCUT2D eigenvalue weighted by Gasteiger charge is -2.22. The van der Waals surface area contributed by atoms with Gasteiger partial charge in [-0.15, -0.1) is 0 Å². The van der Waals surface area contributed by atoms with Gasteiger partial charge in [0.25, 0.3) is 0 Å². The average Bonchev–Trinajstić information content (AvgIpc) is 3.34. The number of aryl methyl sites for hydroxylation is 1. The Balaban J connectivity index is 1.66. The maximum absolute atomic E-state index is 12.6. The Hall–Kier alpha value is -1.73. The van der Waals surface area contributed by atoms with Crippen LogP contribution < -0.4 is 4.72 Å². The molecular formula is C19H23NO4S. The second-order valence-electron chi connectivity index (χ2n) is 6.59. The van der Waals surface area contributed by atoms with Crippen LogP contribution in [0.2, 0.25) is 0 Å². The maximum Gasteiger partial charge on any atom is 0.240 e. The van der Waals surface area contributed by atoms with Crippen molar-refractivity contribution in [1.82, 2.24) is 4.72 Å². The minimum absolute atomic E-state index is 0.246. The summed E-state index contributed by atoms with van der Waals surface area (Å²) in [5.74, 6) is 0. The molecule has 3 rings (SSSR count). The predicted molar refractivity (Wildman–Crippen MR) is 95.7 cm³/mol. The summed E-state index contributed by atoms with van der Waals surface area (Å²) >= 11 is 0. The van der Waals surface area contributed by atoms with Gasteiger partial charge in [-0.05, 0) is 31.5 Å². The number of hydrogen-bond acceptors (Lipinski definition) is 4. The highest BCUT2D eigenvalue weighted by molar-refractivity contribution is 7.89. The van der Waals surface area contributed by atoms with Crippen LogP contribution in [0.1, 0.15) is 18.1 Å². The summed E-state index contributed by atoms with van der Waals surface area (Å²) in [5.41, 5.74) is 1.54. The molecule has 0 radical (unpaired) electrons. The molecule has 0 amide bonds. The van der Waals surface area contributed by atoms with E-state index in [4.69, 9.17) is 9.47 Å². The molecule has 2 aromatic rings. The fourth-order valence-corrected chi connectivity index (χ4v) is 3.81. The zero-order chi connectivity index (χ0) is 17.9. The first-order valence-electron chi connectivity index (χ1n) is 8.24. The summed E-state index contributed by atoms with van der Waals surface area (Å²) in [6, 6.07) is 16.1. The molecule has 0 aliphatic carbocycles. The van der Waals surface area contributed by atoms with E-state index in [1.165, 1.54) is 0 Å². The van der Waals surface area contributed by atoms with Crippen LogP contribution in [0.25, 0.3) is 0 Å². The lowest BCUT2D eigenvalue weighted by atomic mass is 10.1. The summed E-state index contributed by atoms with van der Waals surface area (Å²) in [7, 11) is -3.62. The Morgan fingerprint density at radius 1 is 1.16 bits per heavy atom. The predicted octanol–water partition coefficient (Wildman–Crippen LogP) is 2.65. The summed E-state index contributed by atoms with van der Waals surface area (Å²) in [4.78, 5) is 0.246. The number of sulfonamides is 1. The fourth-order valence-electron chi connectivity index (χ4n) is 2.49. The third-order valence-corrected chi connectivity index (χ3v) is 5.85. The quantitative estimate of drug-likeness (QED) is 0.734. The molecule has 1 saturated heterocycles. The minimum Gasteiger partial charge on any atom is -0.375 e. The number of epoxide rings is 1. The average molecular weight is 361 g/mol. The van der Waals surface area contributed by atoms with Crippen molar-refractivity contribution in [2.24, 2.45) is 0 Å². The first kappa shape index (κ1) is 18.1. The van der Waals surface area contributed by atoms with Crippen LogP contribution in [0.4, 0.5) is 0 Å². The second kappa shape index (κ2) is 7.25. The van der Waals surface area contributed by atoms with Gasteiger partial charge in [-0.3, -0.25) is 0 Å². The topological polar surface area (TPSA) is 67.9 Å². The zero-order valence-corrected chi connectivity index (χ0v) is 15.3. The Morgan fingerprint density at radius 3 is 2.40 bits per heavy atom. The van der Waals surface area contributed by atoms with Gasteiger partial charge >= 0.3 is 0 Å². The van der Waals surface area contributed by atoms with E-state index < -0.39 is 21.7 Å². The van der Waals surface area contributed by atoms with E-state index in [1.54, 1.807) is 24.3 Å². The van der Waals surface area contributed by atoms with Crippen molar-refractivity contribution < 1.29 is 17.9 Å². The minimum atomic E-state index is -3.62. The second-order valence-corrected chi connectivity index (χ2v) is 8.30. The van der Waals surface area contributed by atoms with Gasteiger partial charge in [0.15, 0.2) is 0 Å². The van der Waals surface area contributed by atoms with E-state index in [1.807, 2.05) is 44.2 Å². The number of nitrogens with one attached hydrogen (secondary N) is 1. The zero-order valence-electron chi connectivity index (χ0n) is 14.4. The fraction of sp³-hybridized carbons (Fsp3) is 0.368. The van der Waals surface area contributed by atoms with Crippen molar-refractivity contribution in [2.75, 3.05) is 13.2 Å². The highest BCUT2D eigenvalue weighted by Gasteiger charge is 2.48. The van der Waals surface area contributed by atoms with Crippen LogP contribution >= 0.6 is 0 Å². The molecule has 1 N–H and O–H groups in total. The van der Waals surface area contributed by atoms with E-state index in [9.17, 15) is 8.42 Å². The van der Waals surface area contributed by atoms with Gasteiger partial charge in [-0.1, -0.05) is 48.0 Å². The molecule has 25 heavy (non-hydrogen) atoms. The Labute approximate surface area is 149 Å². The first-order valence-corrected chi connectivity index (χ1v) is 9.72. The highest BCUT2D eigenvalue weighted by Crippen LogP contribution is 2.31. The van der Waals surface area contributed by atoms with Crippen LogP contribution in [0.15, 0.2) is 59.5 Å². The van der Waals surface area contributed by atoms with Crippen LogP contribution in [0, 0.1) is 6.92 Å². The van der Waals surface area contributed by atoms with Crippen LogP contribution in [0.5, 0.6) is 0 Å². The van der Waals surface area contributed by atoms with E-state index in [0.717, 1.165) is 11.1 Å². The number of hydrogen-bond donors (Lipinski definition) is 1. The molecule has 5 nitrogen and oxygen atoms in total. The third-order valence-electron chi connectivity index (χ3n) is 4.36. The van der Waals surface area contributed by atoms with E-state index in [2.05, 4.69) is 4.72 Å². The molecule has 0 unspecified atom stereocenters. The van der Waals surface area contributed by atoms with Crippen molar-refractivity contribution >= 4 is 10.0 Å². The van der Waals surface area contributed by atoms with Crippen LogP contribution in [-0.4, -0.2) is 33.3 Å². The largest absolute Gasteiger partial charge is 0.375 e. The van der Waals surface area contributed by atoms with Gasteiger partial charge in [0.05, 0.1) is 30.8 Å². The third kappa shape index (κ3) is 4.67. The number of benzene rings is 2. The maximum atomic E-state index is 12.6. The van der Waals surface area contributed by atoms with Crippen LogP contribution in [-0.2, 0) is 26.1 Å². The van der Waals surface area contributed by atoms with Crippen molar-refractivity contribution in [3.63, 3.8) is 0 Å². The molecule has 6 heteroatoms. The van der Waals surface area contributed by atoms with Crippen molar-refractivity contribution in [3.05, 3.63) is 65.7 Å². The summed E-state index contributed by atoms with van der Waals surface area (Å²) in [6.07, 6.45) is 0. The summed E-state index contributed by atoms with van der Waals surface area (Å²) < 4.78 is 39.2. The lowest BCUT2D eigenvalue weighted by molar-refractivity contribution is 0.0813. The van der Waals surface area contributed by atoms with E-state index in [0.29, 0.717) is 13.2 Å². The highest BCUT2D eigenvalue weighted by atomic mass is 32.2. The molecular weight excluding hydrogens is 338 g/mol. The molecule has 0 spiro atoms. The van der Waals surface area contributed by atoms with Gasteiger partial charge in [-0.2, -0.15) is 0 Å².